The van der Waals surface area contributed by atoms with E-state index in [-0.39, 0.29) is 0 Å². The van der Waals surface area contributed by atoms with Gasteiger partial charge in [-0.05, 0) is 25.1 Å². The van der Waals surface area contributed by atoms with Crippen LogP contribution in [0.5, 0.6) is 0 Å². The Balaban J connectivity index is 1.93. The number of hydrogen-bond acceptors (Lipinski definition) is 4. The van der Waals surface area contributed by atoms with Crippen molar-refractivity contribution in [3.8, 4) is 0 Å². The molecule has 1 aromatic rings. The maximum atomic E-state index is 5.64. The second-order valence-electron chi connectivity index (χ2n) is 5.22. The molecule has 0 aliphatic carbocycles. The Bertz CT molecular complexity index is 361. The molecular weight excluding hydrogens is 230 g/mol. The third-order valence-electron chi connectivity index (χ3n) is 3.16. The predicted molar refractivity (Wildman–Crippen MR) is 75.1 cm³/mol. The fourth-order valence-electron chi connectivity index (χ4n) is 1.98. The molecule has 17 heavy (non-hydrogen) atoms. The highest BCUT2D eigenvalue weighted by molar-refractivity contribution is 8.00. The number of hydrogen-bond donors (Lipinski definition) is 1. The van der Waals surface area contributed by atoms with Crippen LogP contribution in [-0.4, -0.2) is 33.5 Å². The smallest absolute Gasteiger partial charge is 0.0545 e. The van der Waals surface area contributed by atoms with Crippen molar-refractivity contribution in [3.63, 3.8) is 0 Å². The first-order chi connectivity index (χ1) is 8.05. The average molecular weight is 251 g/mol. The van der Waals surface area contributed by atoms with E-state index in [1.807, 2.05) is 12.1 Å². The summed E-state index contributed by atoms with van der Waals surface area (Å²) in [5, 5.41) is 0. The van der Waals surface area contributed by atoms with Crippen LogP contribution >= 0.6 is 11.8 Å². The molecule has 0 atom stereocenters. The highest BCUT2D eigenvalue weighted by atomic mass is 32.2. The lowest BCUT2D eigenvalue weighted by molar-refractivity contribution is 0.273. The largest absolute Gasteiger partial charge is 0.397 e. The van der Waals surface area contributed by atoms with E-state index >= 15 is 0 Å². The van der Waals surface area contributed by atoms with Crippen LogP contribution < -0.4 is 5.73 Å². The average Bonchev–Trinajstić information content (AvgIpc) is 2.44. The van der Waals surface area contributed by atoms with Crippen LogP contribution in [0.25, 0.3) is 0 Å². The molecule has 1 aliphatic heterocycles. The second-order valence-corrected chi connectivity index (χ2v) is 7.02. The zero-order valence-electron chi connectivity index (χ0n) is 10.6. The molecule has 4 heteroatoms. The van der Waals surface area contributed by atoms with E-state index < -0.39 is 0 Å². The summed E-state index contributed by atoms with van der Waals surface area (Å²) in [5.74, 6) is 1.21. The summed E-state index contributed by atoms with van der Waals surface area (Å²) >= 11 is 2.08. The molecule has 0 saturated carbocycles. The van der Waals surface area contributed by atoms with Crippen molar-refractivity contribution < 1.29 is 0 Å². The Hall–Kier alpha value is -0.740. The van der Waals surface area contributed by atoms with Gasteiger partial charge in [0.1, 0.15) is 0 Å². The molecule has 0 aromatic carbocycles. The number of nitrogens with two attached hydrogens (primary N) is 1. The second kappa shape index (κ2) is 5.27. The van der Waals surface area contributed by atoms with E-state index in [9.17, 15) is 0 Å². The number of rotatable bonds is 2. The quantitative estimate of drug-likeness (QED) is 0.876. The number of aromatic nitrogens is 1. The maximum absolute atomic E-state index is 5.64. The summed E-state index contributed by atoms with van der Waals surface area (Å²) in [6.45, 7) is 7.92. The monoisotopic (exact) mass is 251 g/mol. The summed E-state index contributed by atoms with van der Waals surface area (Å²) in [6, 6.07) is 3.96. The molecule has 1 fully saturated rings. The lowest BCUT2D eigenvalue weighted by Crippen LogP contribution is -2.27. The SMILES string of the molecule is CC1(C)CCN(Cc2ccc(N)cn2)CCS1. The minimum absolute atomic E-state index is 0.420. The summed E-state index contributed by atoms with van der Waals surface area (Å²) in [4.78, 5) is 6.85. The molecule has 94 valence electrons. The number of pyridine rings is 1. The number of nitrogens with zero attached hydrogens (tertiary/aromatic N) is 2. The van der Waals surface area contributed by atoms with E-state index in [4.69, 9.17) is 5.73 Å². The first kappa shape index (κ1) is 12.7. The van der Waals surface area contributed by atoms with Crippen LogP contribution in [0.1, 0.15) is 26.0 Å². The molecule has 2 heterocycles. The van der Waals surface area contributed by atoms with Crippen molar-refractivity contribution in [2.75, 3.05) is 24.6 Å². The Morgan fingerprint density at radius 1 is 1.41 bits per heavy atom. The van der Waals surface area contributed by atoms with E-state index in [0.29, 0.717) is 4.75 Å². The van der Waals surface area contributed by atoms with Crippen LogP contribution in [0.3, 0.4) is 0 Å². The molecule has 0 unspecified atom stereocenters. The van der Waals surface area contributed by atoms with Crippen molar-refractivity contribution in [1.82, 2.24) is 9.88 Å². The maximum Gasteiger partial charge on any atom is 0.0545 e. The minimum atomic E-state index is 0.420. The van der Waals surface area contributed by atoms with Crippen LogP contribution in [-0.2, 0) is 6.54 Å². The van der Waals surface area contributed by atoms with Gasteiger partial charge in [-0.1, -0.05) is 13.8 Å². The fraction of sp³-hybridized carbons (Fsp3) is 0.615. The summed E-state index contributed by atoms with van der Waals surface area (Å²) < 4.78 is 0.420. The van der Waals surface area contributed by atoms with Gasteiger partial charge in [-0.25, -0.2) is 0 Å². The summed E-state index contributed by atoms with van der Waals surface area (Å²) in [7, 11) is 0. The Kier molecular flexibility index (Phi) is 3.94. The van der Waals surface area contributed by atoms with E-state index in [1.54, 1.807) is 6.20 Å². The van der Waals surface area contributed by atoms with Gasteiger partial charge in [0.2, 0.25) is 0 Å². The Morgan fingerprint density at radius 3 is 2.94 bits per heavy atom. The van der Waals surface area contributed by atoms with Crippen molar-refractivity contribution in [2.24, 2.45) is 0 Å². The van der Waals surface area contributed by atoms with Crippen LogP contribution in [0.15, 0.2) is 18.3 Å². The van der Waals surface area contributed by atoms with Crippen molar-refractivity contribution in [1.29, 1.82) is 0 Å². The first-order valence-electron chi connectivity index (χ1n) is 6.12. The third kappa shape index (κ3) is 3.89. The predicted octanol–water partition coefficient (Wildman–Crippen LogP) is 2.38. The van der Waals surface area contributed by atoms with Gasteiger partial charge >= 0.3 is 0 Å². The molecule has 0 radical (unpaired) electrons. The molecule has 0 amide bonds. The topological polar surface area (TPSA) is 42.1 Å². The molecule has 2 N–H and O–H groups in total. The molecule has 1 aromatic heterocycles. The molecule has 3 nitrogen and oxygen atoms in total. The van der Waals surface area contributed by atoms with Gasteiger partial charge in [-0.2, -0.15) is 11.8 Å². The van der Waals surface area contributed by atoms with Gasteiger partial charge in [0.15, 0.2) is 0 Å². The number of thioether (sulfide) groups is 1. The van der Waals surface area contributed by atoms with Crippen LogP contribution in [0, 0.1) is 0 Å². The van der Waals surface area contributed by atoms with Crippen LogP contribution in [0.2, 0.25) is 0 Å². The molecule has 0 bridgehead atoms. The highest BCUT2D eigenvalue weighted by Gasteiger charge is 2.23. The van der Waals surface area contributed by atoms with E-state index in [2.05, 4.69) is 35.5 Å². The zero-order chi connectivity index (χ0) is 12.3. The highest BCUT2D eigenvalue weighted by Crippen LogP contribution is 2.30. The standard InChI is InChI=1S/C13H21N3S/c1-13(2)5-6-16(7-8-17-13)10-12-4-3-11(14)9-15-12/h3-4,9H,5-8,10,14H2,1-2H3. The normalized spacial score (nSPS) is 21.1. The fourth-order valence-corrected chi connectivity index (χ4v) is 3.12. The number of nitrogen functional groups attached to an aromatic ring is 1. The van der Waals surface area contributed by atoms with Crippen molar-refractivity contribution >= 4 is 17.4 Å². The Labute approximate surface area is 108 Å². The van der Waals surface area contributed by atoms with Gasteiger partial charge < -0.3 is 5.73 Å². The number of anilines is 1. The molecular formula is C13H21N3S. The van der Waals surface area contributed by atoms with Gasteiger partial charge in [0, 0.05) is 23.6 Å². The first-order valence-corrected chi connectivity index (χ1v) is 7.10. The summed E-state index contributed by atoms with van der Waals surface area (Å²) in [5.41, 5.74) is 7.49. The van der Waals surface area contributed by atoms with E-state index in [1.165, 1.54) is 12.2 Å². The van der Waals surface area contributed by atoms with Gasteiger partial charge in [-0.3, -0.25) is 9.88 Å². The lowest BCUT2D eigenvalue weighted by Gasteiger charge is -2.22. The van der Waals surface area contributed by atoms with Gasteiger partial charge in [-0.15, -0.1) is 0 Å². The molecule has 1 saturated heterocycles. The lowest BCUT2D eigenvalue weighted by atomic mass is 10.1. The van der Waals surface area contributed by atoms with Crippen molar-refractivity contribution in [3.05, 3.63) is 24.0 Å². The summed E-state index contributed by atoms with van der Waals surface area (Å²) in [6.07, 6.45) is 2.98. The molecule has 1 aliphatic rings. The zero-order valence-corrected chi connectivity index (χ0v) is 11.5. The van der Waals surface area contributed by atoms with Gasteiger partial charge in [0.25, 0.3) is 0 Å². The van der Waals surface area contributed by atoms with Gasteiger partial charge in [0.05, 0.1) is 17.6 Å². The molecule has 2 rings (SSSR count). The molecule has 0 spiro atoms. The minimum Gasteiger partial charge on any atom is -0.397 e. The van der Waals surface area contributed by atoms with Crippen LogP contribution in [0.4, 0.5) is 5.69 Å². The van der Waals surface area contributed by atoms with Crippen molar-refractivity contribution in [2.45, 2.75) is 31.6 Å². The third-order valence-corrected chi connectivity index (χ3v) is 4.54. The van der Waals surface area contributed by atoms with E-state index in [0.717, 1.165) is 31.0 Å². The Morgan fingerprint density at radius 2 is 2.24 bits per heavy atom.